The van der Waals surface area contributed by atoms with Gasteiger partial charge in [0, 0.05) is 24.1 Å². The average Bonchev–Trinajstić information content (AvgIpc) is 3.40. The van der Waals surface area contributed by atoms with Gasteiger partial charge in [-0.25, -0.2) is 4.98 Å². The maximum absolute atomic E-state index is 12.8. The third-order valence-electron chi connectivity index (χ3n) is 4.70. The van der Waals surface area contributed by atoms with Gasteiger partial charge in [0.05, 0.1) is 23.6 Å². The van der Waals surface area contributed by atoms with Gasteiger partial charge in [-0.2, -0.15) is 0 Å². The molecule has 0 radical (unpaired) electrons. The van der Waals surface area contributed by atoms with Crippen LogP contribution in [-0.4, -0.2) is 40.0 Å². The highest BCUT2D eigenvalue weighted by atomic mass is 32.1. The summed E-state index contributed by atoms with van der Waals surface area (Å²) in [5, 5.41) is 2.51. The number of ether oxygens (including phenoxy) is 1. The molecule has 1 atom stereocenters. The zero-order valence-electron chi connectivity index (χ0n) is 15.3. The number of H-pyrrole nitrogens is 1. The number of carbonyl (C=O) groups is 1. The summed E-state index contributed by atoms with van der Waals surface area (Å²) in [6.45, 7) is 1.43. The number of carbonyl (C=O) groups excluding carboxylic acids is 1. The second-order valence-electron chi connectivity index (χ2n) is 6.73. The first-order chi connectivity index (χ1) is 13.7. The first-order valence-electron chi connectivity index (χ1n) is 9.29. The Balaban J connectivity index is 1.57. The van der Waals surface area contributed by atoms with Crippen LogP contribution in [0.15, 0.2) is 52.6 Å². The van der Waals surface area contributed by atoms with E-state index in [0.717, 1.165) is 24.3 Å². The van der Waals surface area contributed by atoms with Crippen molar-refractivity contribution in [3.63, 3.8) is 0 Å². The van der Waals surface area contributed by atoms with E-state index in [1.165, 1.54) is 0 Å². The van der Waals surface area contributed by atoms with Crippen LogP contribution in [0.4, 0.5) is 0 Å². The van der Waals surface area contributed by atoms with Gasteiger partial charge < -0.3 is 14.6 Å². The Bertz CT molecular complexity index is 1040. The lowest BCUT2D eigenvalue weighted by molar-refractivity contribution is -0.128. The molecule has 7 heteroatoms. The number of aromatic nitrogens is 2. The molecule has 6 nitrogen and oxygen atoms in total. The van der Waals surface area contributed by atoms with Gasteiger partial charge in [0.2, 0.25) is 5.91 Å². The van der Waals surface area contributed by atoms with E-state index < -0.39 is 0 Å². The first kappa shape index (κ1) is 18.6. The van der Waals surface area contributed by atoms with Crippen molar-refractivity contribution in [3.8, 4) is 0 Å². The molecule has 1 amide bonds. The Morgan fingerprint density at radius 2 is 2.21 bits per heavy atom. The minimum atomic E-state index is -0.195. The number of para-hydroxylation sites is 1. The van der Waals surface area contributed by atoms with Crippen molar-refractivity contribution in [2.45, 2.75) is 25.5 Å². The summed E-state index contributed by atoms with van der Waals surface area (Å²) >= 11 is 1.57. The second kappa shape index (κ2) is 8.50. The molecule has 1 aliphatic rings. The minimum absolute atomic E-state index is 0.0197. The highest BCUT2D eigenvalue weighted by Crippen LogP contribution is 2.16. The maximum atomic E-state index is 12.8. The van der Waals surface area contributed by atoms with Crippen molar-refractivity contribution in [1.29, 1.82) is 0 Å². The van der Waals surface area contributed by atoms with Gasteiger partial charge in [0.15, 0.2) is 0 Å². The van der Waals surface area contributed by atoms with E-state index in [1.54, 1.807) is 34.4 Å². The molecule has 1 saturated heterocycles. The van der Waals surface area contributed by atoms with E-state index in [2.05, 4.69) is 9.97 Å². The lowest BCUT2D eigenvalue weighted by atomic mass is 10.2. The molecule has 1 aliphatic heterocycles. The van der Waals surface area contributed by atoms with E-state index in [1.807, 2.05) is 35.7 Å². The van der Waals surface area contributed by atoms with Crippen molar-refractivity contribution >= 4 is 34.2 Å². The summed E-state index contributed by atoms with van der Waals surface area (Å²) < 4.78 is 5.71. The van der Waals surface area contributed by atoms with Gasteiger partial charge >= 0.3 is 0 Å². The standard InChI is InChI=1S/C21H21N3O3S/c25-20(10-9-16-6-4-12-28-16)24(13-15-5-3-11-27-15)14-19-22-18-8-2-1-7-17(18)21(26)23-19/h1-2,4,6-10,12,15H,3,5,11,13-14H2,(H,22,23,26)/b10-9+. The van der Waals surface area contributed by atoms with Crippen molar-refractivity contribution in [1.82, 2.24) is 14.9 Å². The van der Waals surface area contributed by atoms with Crippen LogP contribution in [0.25, 0.3) is 17.0 Å². The molecule has 0 spiro atoms. The van der Waals surface area contributed by atoms with Crippen LogP contribution in [-0.2, 0) is 16.1 Å². The first-order valence-corrected chi connectivity index (χ1v) is 10.2. The van der Waals surface area contributed by atoms with Gasteiger partial charge in [-0.1, -0.05) is 18.2 Å². The summed E-state index contributed by atoms with van der Waals surface area (Å²) in [5.41, 5.74) is 0.430. The predicted molar refractivity (Wildman–Crippen MR) is 110 cm³/mol. The van der Waals surface area contributed by atoms with Crippen LogP contribution < -0.4 is 5.56 Å². The average molecular weight is 395 g/mol. The van der Waals surface area contributed by atoms with Crippen molar-refractivity contribution in [2.24, 2.45) is 0 Å². The van der Waals surface area contributed by atoms with E-state index in [-0.39, 0.29) is 24.1 Å². The van der Waals surface area contributed by atoms with E-state index >= 15 is 0 Å². The van der Waals surface area contributed by atoms with Crippen molar-refractivity contribution in [3.05, 3.63) is 68.9 Å². The van der Waals surface area contributed by atoms with Gasteiger partial charge in [-0.05, 0) is 42.5 Å². The molecule has 0 saturated carbocycles. The lowest BCUT2D eigenvalue weighted by Crippen LogP contribution is -2.36. The SMILES string of the molecule is O=C(/C=C/c1cccs1)N(Cc1nc2ccccc2c(=O)[nH]1)CC1CCCO1. The Hall–Kier alpha value is -2.77. The summed E-state index contributed by atoms with van der Waals surface area (Å²) in [6.07, 6.45) is 5.33. The molecule has 0 aliphatic carbocycles. The number of rotatable bonds is 6. The summed E-state index contributed by atoms with van der Waals surface area (Å²) in [6, 6.07) is 11.1. The second-order valence-corrected chi connectivity index (χ2v) is 7.71. The van der Waals surface area contributed by atoms with Crippen LogP contribution in [0.5, 0.6) is 0 Å². The fraction of sp³-hybridized carbons (Fsp3) is 0.286. The summed E-state index contributed by atoms with van der Waals surface area (Å²) in [5.74, 6) is 0.347. The molecule has 144 valence electrons. The Labute approximate surface area is 166 Å². The summed E-state index contributed by atoms with van der Waals surface area (Å²) in [4.78, 5) is 35.2. The summed E-state index contributed by atoms with van der Waals surface area (Å²) in [7, 11) is 0. The zero-order valence-corrected chi connectivity index (χ0v) is 16.2. The van der Waals surface area contributed by atoms with Gasteiger partial charge in [-0.3, -0.25) is 9.59 Å². The molecule has 1 fully saturated rings. The highest BCUT2D eigenvalue weighted by Gasteiger charge is 2.22. The van der Waals surface area contributed by atoms with Crippen LogP contribution in [0.3, 0.4) is 0 Å². The number of hydrogen-bond acceptors (Lipinski definition) is 5. The number of amides is 1. The van der Waals surface area contributed by atoms with Gasteiger partial charge in [0.1, 0.15) is 5.82 Å². The molecule has 1 unspecified atom stereocenters. The van der Waals surface area contributed by atoms with Gasteiger partial charge in [-0.15, -0.1) is 11.3 Å². The van der Waals surface area contributed by atoms with Crippen molar-refractivity contribution in [2.75, 3.05) is 13.2 Å². The molecular formula is C21H21N3O3S. The quantitative estimate of drug-likeness (QED) is 0.651. The van der Waals surface area contributed by atoms with E-state index in [4.69, 9.17) is 4.74 Å². The minimum Gasteiger partial charge on any atom is -0.376 e. The molecule has 3 heterocycles. The molecule has 1 aromatic carbocycles. The highest BCUT2D eigenvalue weighted by molar-refractivity contribution is 7.10. The topological polar surface area (TPSA) is 75.3 Å². The Morgan fingerprint density at radius 3 is 3.00 bits per heavy atom. The smallest absolute Gasteiger partial charge is 0.258 e. The number of hydrogen-bond donors (Lipinski definition) is 1. The number of thiophene rings is 1. The van der Waals surface area contributed by atoms with E-state index in [0.29, 0.717) is 23.3 Å². The maximum Gasteiger partial charge on any atom is 0.258 e. The molecule has 3 aromatic rings. The lowest BCUT2D eigenvalue weighted by Gasteiger charge is -2.24. The normalized spacial score (nSPS) is 16.8. The molecule has 0 bridgehead atoms. The fourth-order valence-corrected chi connectivity index (χ4v) is 3.92. The molecule has 4 rings (SSSR count). The molecule has 2 aromatic heterocycles. The van der Waals surface area contributed by atoms with Crippen molar-refractivity contribution < 1.29 is 9.53 Å². The Kier molecular flexibility index (Phi) is 5.64. The van der Waals surface area contributed by atoms with Crippen LogP contribution >= 0.6 is 11.3 Å². The monoisotopic (exact) mass is 395 g/mol. The third kappa shape index (κ3) is 4.37. The Morgan fingerprint density at radius 1 is 1.32 bits per heavy atom. The number of nitrogens with one attached hydrogen (secondary N) is 1. The van der Waals surface area contributed by atoms with Crippen LogP contribution in [0, 0.1) is 0 Å². The third-order valence-corrected chi connectivity index (χ3v) is 5.53. The van der Waals surface area contributed by atoms with E-state index in [9.17, 15) is 9.59 Å². The molecule has 28 heavy (non-hydrogen) atoms. The number of aromatic amines is 1. The number of nitrogens with zero attached hydrogens (tertiary/aromatic N) is 2. The molecular weight excluding hydrogens is 374 g/mol. The zero-order chi connectivity index (χ0) is 19.3. The predicted octanol–water partition coefficient (Wildman–Crippen LogP) is 3.21. The van der Waals surface area contributed by atoms with Crippen LogP contribution in [0.2, 0.25) is 0 Å². The number of fused-ring (bicyclic) bond motifs is 1. The largest absolute Gasteiger partial charge is 0.376 e. The molecule has 1 N–H and O–H groups in total. The fourth-order valence-electron chi connectivity index (χ4n) is 3.30. The number of benzene rings is 1. The van der Waals surface area contributed by atoms with Gasteiger partial charge in [0.25, 0.3) is 5.56 Å². The van der Waals surface area contributed by atoms with Crippen LogP contribution in [0.1, 0.15) is 23.5 Å².